The Balaban J connectivity index is 0.00000161. The van der Waals surface area contributed by atoms with Gasteiger partial charge >= 0.3 is 0 Å². The molecule has 2 heterocycles. The molecule has 1 saturated heterocycles. The van der Waals surface area contributed by atoms with Crippen molar-refractivity contribution in [3.8, 4) is 0 Å². The summed E-state index contributed by atoms with van der Waals surface area (Å²) >= 11 is 0. The molecule has 0 radical (unpaired) electrons. The number of carbonyl (C=O) groups is 1. The molecule has 0 aliphatic carbocycles. The van der Waals surface area contributed by atoms with Gasteiger partial charge in [-0.25, -0.2) is 0 Å². The SMILES string of the molecule is Cc1cc2cc(NC(=O)CC3CCNCC3)ccc2o1.Cl. The fraction of sp³-hybridized carbons (Fsp3) is 0.438. The van der Waals surface area contributed by atoms with Crippen LogP contribution in [0, 0.1) is 12.8 Å². The van der Waals surface area contributed by atoms with Gasteiger partial charge in [-0.1, -0.05) is 0 Å². The normalized spacial score (nSPS) is 15.7. The summed E-state index contributed by atoms with van der Waals surface area (Å²) in [6.45, 7) is 3.98. The number of benzene rings is 1. The molecule has 2 aromatic rings. The minimum atomic E-state index is 0. The van der Waals surface area contributed by atoms with Crippen LogP contribution in [0.3, 0.4) is 0 Å². The lowest BCUT2D eigenvalue weighted by atomic mass is 9.94. The molecule has 0 unspecified atom stereocenters. The largest absolute Gasteiger partial charge is 0.461 e. The first kappa shape index (κ1) is 15.9. The summed E-state index contributed by atoms with van der Waals surface area (Å²) in [4.78, 5) is 12.1. The number of furan rings is 1. The van der Waals surface area contributed by atoms with Gasteiger partial charge in [-0.3, -0.25) is 4.79 Å². The van der Waals surface area contributed by atoms with E-state index in [0.29, 0.717) is 12.3 Å². The zero-order valence-electron chi connectivity index (χ0n) is 12.1. The number of piperidine rings is 1. The summed E-state index contributed by atoms with van der Waals surface area (Å²) in [5.74, 6) is 1.51. The Labute approximate surface area is 130 Å². The minimum absolute atomic E-state index is 0. The summed E-state index contributed by atoms with van der Waals surface area (Å²) in [6, 6.07) is 7.75. The molecule has 2 N–H and O–H groups in total. The lowest BCUT2D eigenvalue weighted by Gasteiger charge is -2.21. The molecule has 0 bridgehead atoms. The van der Waals surface area contributed by atoms with Crippen LogP contribution in [-0.2, 0) is 4.79 Å². The Hall–Kier alpha value is -1.52. The van der Waals surface area contributed by atoms with Crippen molar-refractivity contribution in [2.75, 3.05) is 18.4 Å². The molecule has 4 nitrogen and oxygen atoms in total. The molecule has 114 valence electrons. The highest BCUT2D eigenvalue weighted by atomic mass is 35.5. The second-order valence-electron chi connectivity index (χ2n) is 5.56. The summed E-state index contributed by atoms with van der Waals surface area (Å²) in [6.07, 6.45) is 2.80. The van der Waals surface area contributed by atoms with Gasteiger partial charge in [0.25, 0.3) is 0 Å². The Bertz CT molecular complexity index is 618. The average molecular weight is 309 g/mol. The smallest absolute Gasteiger partial charge is 0.224 e. The number of rotatable bonds is 3. The summed E-state index contributed by atoms with van der Waals surface area (Å²) in [5.41, 5.74) is 1.70. The molecule has 0 saturated carbocycles. The molecule has 0 atom stereocenters. The fourth-order valence-corrected chi connectivity index (χ4v) is 2.81. The Morgan fingerprint density at radius 2 is 2.10 bits per heavy atom. The third-order valence-electron chi connectivity index (χ3n) is 3.86. The van der Waals surface area contributed by atoms with E-state index in [9.17, 15) is 4.79 Å². The van der Waals surface area contributed by atoms with Crippen LogP contribution in [0.4, 0.5) is 5.69 Å². The number of nitrogens with one attached hydrogen (secondary N) is 2. The van der Waals surface area contributed by atoms with E-state index in [1.165, 1.54) is 0 Å². The summed E-state index contributed by atoms with van der Waals surface area (Å²) < 4.78 is 5.53. The van der Waals surface area contributed by atoms with Crippen LogP contribution < -0.4 is 10.6 Å². The molecule has 5 heteroatoms. The van der Waals surface area contributed by atoms with Gasteiger partial charge < -0.3 is 15.1 Å². The van der Waals surface area contributed by atoms with Crippen LogP contribution in [0.1, 0.15) is 25.0 Å². The number of halogens is 1. The molecular weight excluding hydrogens is 288 g/mol. The van der Waals surface area contributed by atoms with Crippen molar-refractivity contribution in [2.45, 2.75) is 26.2 Å². The first-order chi connectivity index (χ1) is 9.70. The first-order valence-electron chi connectivity index (χ1n) is 7.21. The lowest BCUT2D eigenvalue weighted by Crippen LogP contribution is -2.30. The van der Waals surface area contributed by atoms with Gasteiger partial charge in [0.2, 0.25) is 5.91 Å². The highest BCUT2D eigenvalue weighted by Gasteiger charge is 2.16. The highest BCUT2D eigenvalue weighted by molar-refractivity contribution is 5.93. The maximum atomic E-state index is 12.1. The lowest BCUT2D eigenvalue weighted by molar-refractivity contribution is -0.117. The van der Waals surface area contributed by atoms with Crippen molar-refractivity contribution >= 4 is 35.0 Å². The van der Waals surface area contributed by atoms with E-state index in [-0.39, 0.29) is 18.3 Å². The number of aryl methyl sites for hydroxylation is 1. The van der Waals surface area contributed by atoms with Crippen LogP contribution >= 0.6 is 12.4 Å². The summed E-state index contributed by atoms with van der Waals surface area (Å²) in [5, 5.41) is 7.34. The van der Waals surface area contributed by atoms with E-state index in [1.807, 2.05) is 31.2 Å². The van der Waals surface area contributed by atoms with E-state index < -0.39 is 0 Å². The summed E-state index contributed by atoms with van der Waals surface area (Å²) in [7, 11) is 0. The van der Waals surface area contributed by atoms with E-state index in [1.54, 1.807) is 0 Å². The molecule has 0 spiro atoms. The van der Waals surface area contributed by atoms with Crippen LogP contribution in [0.25, 0.3) is 11.0 Å². The predicted molar refractivity (Wildman–Crippen MR) is 87.0 cm³/mol. The zero-order chi connectivity index (χ0) is 13.9. The Morgan fingerprint density at radius 1 is 1.33 bits per heavy atom. The van der Waals surface area contributed by atoms with E-state index in [0.717, 1.165) is 48.3 Å². The van der Waals surface area contributed by atoms with Crippen LogP contribution in [-0.4, -0.2) is 19.0 Å². The monoisotopic (exact) mass is 308 g/mol. The third-order valence-corrected chi connectivity index (χ3v) is 3.86. The van der Waals surface area contributed by atoms with Crippen LogP contribution in [0.5, 0.6) is 0 Å². The molecule has 1 aliphatic heterocycles. The predicted octanol–water partition coefficient (Wildman–Crippen LogP) is 3.49. The first-order valence-corrected chi connectivity index (χ1v) is 7.21. The molecule has 1 aliphatic rings. The number of amides is 1. The quantitative estimate of drug-likeness (QED) is 0.912. The highest BCUT2D eigenvalue weighted by Crippen LogP contribution is 2.23. The Morgan fingerprint density at radius 3 is 2.86 bits per heavy atom. The van der Waals surface area contributed by atoms with Gasteiger partial charge in [-0.15, -0.1) is 12.4 Å². The van der Waals surface area contributed by atoms with E-state index >= 15 is 0 Å². The van der Waals surface area contributed by atoms with Gasteiger partial charge in [0, 0.05) is 17.5 Å². The van der Waals surface area contributed by atoms with Crippen molar-refractivity contribution in [3.05, 3.63) is 30.0 Å². The number of fused-ring (bicyclic) bond motifs is 1. The maximum absolute atomic E-state index is 12.1. The van der Waals surface area contributed by atoms with Crippen molar-refractivity contribution in [2.24, 2.45) is 5.92 Å². The number of hydrogen-bond acceptors (Lipinski definition) is 3. The standard InChI is InChI=1S/C16H20N2O2.ClH/c1-11-8-13-10-14(2-3-15(13)20-11)18-16(19)9-12-4-6-17-7-5-12;/h2-3,8,10,12,17H,4-7,9H2,1H3,(H,18,19);1H. The fourth-order valence-electron chi connectivity index (χ4n) is 2.81. The minimum Gasteiger partial charge on any atom is -0.461 e. The van der Waals surface area contributed by atoms with Crippen LogP contribution in [0.15, 0.2) is 28.7 Å². The second kappa shape index (κ2) is 6.96. The van der Waals surface area contributed by atoms with Crippen molar-refractivity contribution in [1.82, 2.24) is 5.32 Å². The topological polar surface area (TPSA) is 54.3 Å². The van der Waals surface area contributed by atoms with Gasteiger partial charge in [0.1, 0.15) is 11.3 Å². The molecule has 21 heavy (non-hydrogen) atoms. The zero-order valence-corrected chi connectivity index (χ0v) is 13.0. The van der Waals surface area contributed by atoms with E-state index in [2.05, 4.69) is 10.6 Å². The Kier molecular flexibility index (Phi) is 5.26. The number of hydrogen-bond donors (Lipinski definition) is 2. The van der Waals surface area contributed by atoms with Gasteiger partial charge in [-0.05, 0) is 63.0 Å². The number of carbonyl (C=O) groups excluding carboxylic acids is 1. The number of anilines is 1. The molecule has 3 rings (SSSR count). The van der Waals surface area contributed by atoms with Gasteiger partial charge in [0.05, 0.1) is 0 Å². The molecule has 1 fully saturated rings. The second-order valence-corrected chi connectivity index (χ2v) is 5.56. The third kappa shape index (κ3) is 3.99. The van der Waals surface area contributed by atoms with Crippen molar-refractivity contribution in [1.29, 1.82) is 0 Å². The molecule has 1 aromatic heterocycles. The molecule has 1 aromatic carbocycles. The molecular formula is C16H21ClN2O2. The van der Waals surface area contributed by atoms with Gasteiger partial charge in [0.15, 0.2) is 0 Å². The van der Waals surface area contributed by atoms with Crippen molar-refractivity contribution < 1.29 is 9.21 Å². The van der Waals surface area contributed by atoms with Crippen molar-refractivity contribution in [3.63, 3.8) is 0 Å². The molecule has 1 amide bonds. The van der Waals surface area contributed by atoms with E-state index in [4.69, 9.17) is 4.42 Å². The van der Waals surface area contributed by atoms with Crippen LogP contribution in [0.2, 0.25) is 0 Å². The van der Waals surface area contributed by atoms with Gasteiger partial charge in [-0.2, -0.15) is 0 Å². The average Bonchev–Trinajstić information content (AvgIpc) is 2.79. The maximum Gasteiger partial charge on any atom is 0.224 e.